The fourth-order valence-corrected chi connectivity index (χ4v) is 0.733. The SMILES string of the molecule is Br.Br.CNCC1=NCCN1. The minimum absolute atomic E-state index is 0. The van der Waals surface area contributed by atoms with Crippen molar-refractivity contribution in [2.75, 3.05) is 26.7 Å². The smallest absolute Gasteiger partial charge is 0.110 e. The van der Waals surface area contributed by atoms with E-state index in [1.165, 1.54) is 0 Å². The van der Waals surface area contributed by atoms with E-state index in [0.29, 0.717) is 0 Å². The molecule has 1 aliphatic heterocycles. The summed E-state index contributed by atoms with van der Waals surface area (Å²) in [5.74, 6) is 1.09. The molecule has 0 aromatic rings. The van der Waals surface area contributed by atoms with E-state index < -0.39 is 0 Å². The maximum atomic E-state index is 4.17. The zero-order valence-corrected chi connectivity index (χ0v) is 9.31. The van der Waals surface area contributed by atoms with Gasteiger partial charge in [0.25, 0.3) is 0 Å². The van der Waals surface area contributed by atoms with Crippen molar-refractivity contribution in [1.82, 2.24) is 10.6 Å². The van der Waals surface area contributed by atoms with Crippen molar-refractivity contribution in [2.24, 2.45) is 4.99 Å². The third-order valence-corrected chi connectivity index (χ3v) is 1.09. The second-order valence-electron chi connectivity index (χ2n) is 1.79. The Morgan fingerprint density at radius 2 is 2.30 bits per heavy atom. The fourth-order valence-electron chi connectivity index (χ4n) is 0.733. The standard InChI is InChI=1S/C5H11N3.2BrH/c1-6-4-5-7-2-3-8-5;;/h6H,2-4H2,1H3,(H,7,8);2*1H. The van der Waals surface area contributed by atoms with Gasteiger partial charge in [0.2, 0.25) is 0 Å². The molecule has 2 N–H and O–H groups in total. The summed E-state index contributed by atoms with van der Waals surface area (Å²) >= 11 is 0. The Bertz CT molecular complexity index is 105. The highest BCUT2D eigenvalue weighted by molar-refractivity contribution is 8.93. The van der Waals surface area contributed by atoms with Crippen LogP contribution in [-0.4, -0.2) is 32.5 Å². The molecule has 62 valence electrons. The lowest BCUT2D eigenvalue weighted by molar-refractivity contribution is 0.904. The lowest BCUT2D eigenvalue weighted by Crippen LogP contribution is -2.28. The van der Waals surface area contributed by atoms with Crippen molar-refractivity contribution in [3.8, 4) is 0 Å². The number of halogens is 2. The largest absolute Gasteiger partial charge is 0.371 e. The number of amidine groups is 1. The van der Waals surface area contributed by atoms with Crippen molar-refractivity contribution in [3.63, 3.8) is 0 Å². The second-order valence-corrected chi connectivity index (χ2v) is 1.79. The van der Waals surface area contributed by atoms with Crippen LogP contribution in [0.25, 0.3) is 0 Å². The summed E-state index contributed by atoms with van der Waals surface area (Å²) in [4.78, 5) is 4.17. The average molecular weight is 275 g/mol. The van der Waals surface area contributed by atoms with Gasteiger partial charge in [-0.15, -0.1) is 34.0 Å². The average Bonchev–Trinajstić information content (AvgIpc) is 2.19. The number of aliphatic imine (C=N–C) groups is 1. The minimum atomic E-state index is 0. The lowest BCUT2D eigenvalue weighted by Gasteiger charge is -1.97. The van der Waals surface area contributed by atoms with Crippen LogP contribution in [0.5, 0.6) is 0 Å². The summed E-state index contributed by atoms with van der Waals surface area (Å²) in [7, 11) is 1.92. The molecule has 0 saturated carbocycles. The van der Waals surface area contributed by atoms with Crippen LogP contribution in [0.15, 0.2) is 4.99 Å². The molecule has 0 aromatic carbocycles. The van der Waals surface area contributed by atoms with E-state index in [9.17, 15) is 0 Å². The Balaban J connectivity index is 0. The highest BCUT2D eigenvalue weighted by Gasteiger charge is 2.00. The highest BCUT2D eigenvalue weighted by Crippen LogP contribution is 1.81. The zero-order valence-electron chi connectivity index (χ0n) is 5.89. The third kappa shape index (κ3) is 4.24. The van der Waals surface area contributed by atoms with E-state index in [1.54, 1.807) is 0 Å². The molecule has 0 amide bonds. The van der Waals surface area contributed by atoms with Gasteiger partial charge in [-0.25, -0.2) is 0 Å². The zero-order chi connectivity index (χ0) is 5.82. The Hall–Kier alpha value is 0.390. The van der Waals surface area contributed by atoms with E-state index in [2.05, 4.69) is 15.6 Å². The highest BCUT2D eigenvalue weighted by atomic mass is 79.9. The maximum absolute atomic E-state index is 4.17. The van der Waals surface area contributed by atoms with Gasteiger partial charge in [-0.3, -0.25) is 4.99 Å². The molecular weight excluding hydrogens is 262 g/mol. The summed E-state index contributed by atoms with van der Waals surface area (Å²) in [5.41, 5.74) is 0. The lowest BCUT2D eigenvalue weighted by atomic mass is 10.6. The van der Waals surface area contributed by atoms with Crippen LogP contribution in [0.3, 0.4) is 0 Å². The molecule has 3 nitrogen and oxygen atoms in total. The maximum Gasteiger partial charge on any atom is 0.110 e. The number of nitrogens with zero attached hydrogens (tertiary/aromatic N) is 1. The van der Waals surface area contributed by atoms with Gasteiger partial charge in [0, 0.05) is 6.54 Å². The van der Waals surface area contributed by atoms with Crippen molar-refractivity contribution in [3.05, 3.63) is 0 Å². The van der Waals surface area contributed by atoms with E-state index in [0.717, 1.165) is 25.5 Å². The predicted octanol–water partition coefficient (Wildman–Crippen LogP) is 0.363. The van der Waals surface area contributed by atoms with E-state index in [1.807, 2.05) is 7.05 Å². The molecule has 0 bridgehead atoms. The van der Waals surface area contributed by atoms with Crippen LogP contribution in [0.2, 0.25) is 0 Å². The van der Waals surface area contributed by atoms with Gasteiger partial charge in [-0.1, -0.05) is 0 Å². The summed E-state index contributed by atoms with van der Waals surface area (Å²) in [5, 5.41) is 6.16. The van der Waals surface area contributed by atoms with Crippen molar-refractivity contribution >= 4 is 39.8 Å². The molecule has 0 saturated heterocycles. The second kappa shape index (κ2) is 7.50. The Kier molecular flexibility index (Phi) is 9.76. The summed E-state index contributed by atoms with van der Waals surface area (Å²) in [6.07, 6.45) is 0. The van der Waals surface area contributed by atoms with E-state index in [-0.39, 0.29) is 34.0 Å². The molecule has 10 heavy (non-hydrogen) atoms. The third-order valence-electron chi connectivity index (χ3n) is 1.09. The van der Waals surface area contributed by atoms with Gasteiger partial charge in [-0.05, 0) is 7.05 Å². The van der Waals surface area contributed by atoms with Gasteiger partial charge in [0.05, 0.1) is 13.1 Å². The molecule has 0 radical (unpaired) electrons. The van der Waals surface area contributed by atoms with Gasteiger partial charge in [0.15, 0.2) is 0 Å². The molecule has 1 rings (SSSR count). The van der Waals surface area contributed by atoms with Crippen molar-refractivity contribution < 1.29 is 0 Å². The molecule has 0 aromatic heterocycles. The van der Waals surface area contributed by atoms with E-state index >= 15 is 0 Å². The first-order valence-electron chi connectivity index (χ1n) is 2.85. The molecule has 5 heteroatoms. The number of hydrogen-bond acceptors (Lipinski definition) is 3. The molecule has 1 aliphatic rings. The van der Waals surface area contributed by atoms with Crippen molar-refractivity contribution in [2.45, 2.75) is 0 Å². The summed E-state index contributed by atoms with van der Waals surface area (Å²) in [6, 6.07) is 0. The van der Waals surface area contributed by atoms with Gasteiger partial charge < -0.3 is 10.6 Å². The van der Waals surface area contributed by atoms with Crippen molar-refractivity contribution in [1.29, 1.82) is 0 Å². The number of nitrogens with one attached hydrogen (secondary N) is 2. The van der Waals surface area contributed by atoms with Crippen LogP contribution >= 0.6 is 34.0 Å². The molecule has 0 fully saturated rings. The first-order chi connectivity index (χ1) is 3.93. The normalized spacial score (nSPS) is 14.3. The molecular formula is C5H13Br2N3. The number of rotatable bonds is 2. The number of hydrogen-bond donors (Lipinski definition) is 2. The topological polar surface area (TPSA) is 36.4 Å². The van der Waals surface area contributed by atoms with Gasteiger partial charge >= 0.3 is 0 Å². The predicted molar refractivity (Wildman–Crippen MR) is 54.9 cm³/mol. The molecule has 1 heterocycles. The summed E-state index contributed by atoms with van der Waals surface area (Å²) in [6.45, 7) is 2.83. The van der Waals surface area contributed by atoms with Crippen LogP contribution in [0.1, 0.15) is 0 Å². The quantitative estimate of drug-likeness (QED) is 0.763. The van der Waals surface area contributed by atoms with Crippen LogP contribution in [0, 0.1) is 0 Å². The van der Waals surface area contributed by atoms with Crippen LogP contribution in [0.4, 0.5) is 0 Å². The molecule has 0 atom stereocenters. The Labute approximate surface area is 82.2 Å². The monoisotopic (exact) mass is 273 g/mol. The first kappa shape index (κ1) is 13.0. The Morgan fingerprint density at radius 1 is 1.60 bits per heavy atom. The molecule has 0 aliphatic carbocycles. The van der Waals surface area contributed by atoms with Gasteiger partial charge in [0.1, 0.15) is 5.84 Å². The molecule has 0 unspecified atom stereocenters. The minimum Gasteiger partial charge on any atom is -0.371 e. The number of likely N-dealkylation sites (N-methyl/N-ethyl adjacent to an activating group) is 1. The van der Waals surface area contributed by atoms with Gasteiger partial charge in [-0.2, -0.15) is 0 Å². The van der Waals surface area contributed by atoms with Crippen LogP contribution in [-0.2, 0) is 0 Å². The van der Waals surface area contributed by atoms with Crippen LogP contribution < -0.4 is 10.6 Å². The first-order valence-corrected chi connectivity index (χ1v) is 2.85. The Morgan fingerprint density at radius 3 is 2.70 bits per heavy atom. The fraction of sp³-hybridized carbons (Fsp3) is 0.800. The summed E-state index contributed by atoms with van der Waals surface area (Å²) < 4.78 is 0. The molecule has 0 spiro atoms. The van der Waals surface area contributed by atoms with E-state index in [4.69, 9.17) is 0 Å².